The van der Waals surface area contributed by atoms with Gasteiger partial charge in [-0.25, -0.2) is 0 Å². The third kappa shape index (κ3) is 3.61. The molecule has 0 saturated heterocycles. The lowest BCUT2D eigenvalue weighted by molar-refractivity contribution is -0.153. The first-order chi connectivity index (χ1) is 11.1. The molecule has 0 amide bonds. The summed E-state index contributed by atoms with van der Waals surface area (Å²) in [5.74, 6) is 0.586. The first kappa shape index (κ1) is 19.2. The number of allylic oxidation sites excluding steroid dienone is 1. The number of hydrogen-bond donors (Lipinski definition) is 1. The van der Waals surface area contributed by atoms with Gasteiger partial charge in [0.1, 0.15) is 6.10 Å². The van der Waals surface area contributed by atoms with Gasteiger partial charge in [0.05, 0.1) is 6.61 Å². The maximum absolute atomic E-state index is 11.6. The van der Waals surface area contributed by atoms with Crippen LogP contribution < -0.4 is 0 Å². The van der Waals surface area contributed by atoms with Gasteiger partial charge in [-0.1, -0.05) is 45.4 Å². The van der Waals surface area contributed by atoms with Gasteiger partial charge in [-0.15, -0.1) is 0 Å². The molecule has 24 heavy (non-hydrogen) atoms. The predicted octanol–water partition coefficient (Wildman–Crippen LogP) is 4.66. The Labute approximate surface area is 147 Å². The van der Waals surface area contributed by atoms with Crippen molar-refractivity contribution in [1.82, 2.24) is 0 Å². The number of aliphatic hydroxyl groups is 1. The highest BCUT2D eigenvalue weighted by molar-refractivity contribution is 5.66. The van der Waals surface area contributed by atoms with Crippen molar-refractivity contribution in [3.8, 4) is 0 Å². The molecule has 0 heterocycles. The molecule has 0 bridgehead atoms. The molecule has 2 rings (SSSR count). The molecule has 2 fully saturated rings. The second-order valence-electron chi connectivity index (χ2n) is 8.80. The molecule has 0 unspecified atom stereocenters. The number of carbonyl (C=O) groups is 1. The molecule has 0 aliphatic heterocycles. The van der Waals surface area contributed by atoms with E-state index in [0.29, 0.717) is 11.8 Å². The molecule has 0 radical (unpaired) electrons. The molecule has 3 heteroatoms. The van der Waals surface area contributed by atoms with Crippen LogP contribution in [0.25, 0.3) is 0 Å². The summed E-state index contributed by atoms with van der Waals surface area (Å²) in [6.45, 7) is 15.1. The Kier molecular flexibility index (Phi) is 5.64. The zero-order valence-electron chi connectivity index (χ0n) is 16.0. The molecule has 0 aromatic rings. The molecule has 2 aliphatic rings. The first-order valence-corrected chi connectivity index (χ1v) is 9.24. The van der Waals surface area contributed by atoms with Gasteiger partial charge in [0.25, 0.3) is 0 Å². The Morgan fingerprint density at radius 1 is 1.33 bits per heavy atom. The summed E-state index contributed by atoms with van der Waals surface area (Å²) in [6, 6.07) is 0. The van der Waals surface area contributed by atoms with E-state index in [-0.39, 0.29) is 29.5 Å². The van der Waals surface area contributed by atoms with Gasteiger partial charge in [0.2, 0.25) is 0 Å². The van der Waals surface area contributed by atoms with Crippen molar-refractivity contribution in [2.45, 2.75) is 72.8 Å². The molecular formula is C21H34O3. The highest BCUT2D eigenvalue weighted by Crippen LogP contribution is 2.62. The quantitative estimate of drug-likeness (QED) is 0.601. The van der Waals surface area contributed by atoms with Crippen LogP contribution in [0.1, 0.15) is 66.7 Å². The van der Waals surface area contributed by atoms with Crippen molar-refractivity contribution in [3.63, 3.8) is 0 Å². The van der Waals surface area contributed by atoms with Gasteiger partial charge >= 0.3 is 5.97 Å². The van der Waals surface area contributed by atoms with Crippen molar-refractivity contribution in [2.24, 2.45) is 22.7 Å². The molecule has 0 aromatic heterocycles. The Morgan fingerprint density at radius 2 is 2.00 bits per heavy atom. The van der Waals surface area contributed by atoms with E-state index in [9.17, 15) is 9.90 Å². The van der Waals surface area contributed by atoms with Gasteiger partial charge in [-0.3, -0.25) is 4.79 Å². The van der Waals surface area contributed by atoms with Gasteiger partial charge in [0.15, 0.2) is 0 Å². The molecule has 2 saturated carbocycles. The van der Waals surface area contributed by atoms with E-state index < -0.39 is 0 Å². The number of fused-ring (bicyclic) bond motifs is 1. The fourth-order valence-corrected chi connectivity index (χ4v) is 5.43. The van der Waals surface area contributed by atoms with E-state index in [4.69, 9.17) is 4.74 Å². The molecule has 136 valence electrons. The van der Waals surface area contributed by atoms with E-state index in [1.165, 1.54) is 31.8 Å². The van der Waals surface area contributed by atoms with Crippen molar-refractivity contribution >= 4 is 5.97 Å². The average Bonchev–Trinajstić information content (AvgIpc) is 2.45. The Bertz CT molecular complexity index is 531. The summed E-state index contributed by atoms with van der Waals surface area (Å²) in [4.78, 5) is 11.6. The SMILES string of the molecule is C=C1[C@@H](OC(C)=O)C[C@@H]2C(C)(C)CCC[C@@]2(C)[C@@H]1C/C(C)=C/CO. The highest BCUT2D eigenvalue weighted by atomic mass is 16.5. The third-order valence-corrected chi connectivity index (χ3v) is 6.66. The van der Waals surface area contributed by atoms with E-state index in [1.54, 1.807) is 0 Å². The number of rotatable bonds is 4. The summed E-state index contributed by atoms with van der Waals surface area (Å²) in [7, 11) is 0. The smallest absolute Gasteiger partial charge is 0.303 e. The summed E-state index contributed by atoms with van der Waals surface area (Å²) >= 11 is 0. The van der Waals surface area contributed by atoms with Gasteiger partial charge in [0, 0.05) is 6.92 Å². The molecule has 3 nitrogen and oxygen atoms in total. The summed E-state index contributed by atoms with van der Waals surface area (Å²) in [6.07, 6.45) is 7.15. The zero-order chi connectivity index (χ0) is 18.1. The fourth-order valence-electron chi connectivity index (χ4n) is 5.43. The van der Waals surface area contributed by atoms with E-state index in [0.717, 1.165) is 18.4 Å². The van der Waals surface area contributed by atoms with Crippen LogP contribution in [0.3, 0.4) is 0 Å². The lowest BCUT2D eigenvalue weighted by Crippen LogP contribution is -2.53. The van der Waals surface area contributed by atoms with Crippen LogP contribution in [0.4, 0.5) is 0 Å². The monoisotopic (exact) mass is 334 g/mol. The van der Waals surface area contributed by atoms with E-state index in [2.05, 4.69) is 34.3 Å². The minimum atomic E-state index is -0.222. The van der Waals surface area contributed by atoms with Crippen molar-refractivity contribution in [1.29, 1.82) is 0 Å². The van der Waals surface area contributed by atoms with Crippen LogP contribution in [0.15, 0.2) is 23.8 Å². The van der Waals surface area contributed by atoms with E-state index in [1.807, 2.05) is 6.08 Å². The number of aliphatic hydroxyl groups excluding tert-OH is 1. The van der Waals surface area contributed by atoms with Crippen LogP contribution in [0.2, 0.25) is 0 Å². The summed E-state index contributed by atoms with van der Waals surface area (Å²) in [5, 5.41) is 9.21. The fraction of sp³-hybridized carbons (Fsp3) is 0.762. The number of esters is 1. The number of hydrogen-bond acceptors (Lipinski definition) is 3. The molecule has 0 spiro atoms. The number of ether oxygens (including phenoxy) is 1. The predicted molar refractivity (Wildman–Crippen MR) is 97.5 cm³/mol. The Morgan fingerprint density at radius 3 is 2.58 bits per heavy atom. The van der Waals surface area contributed by atoms with Crippen molar-refractivity contribution < 1.29 is 14.6 Å². The lowest BCUT2D eigenvalue weighted by Gasteiger charge is -2.59. The minimum absolute atomic E-state index is 0.0735. The maximum atomic E-state index is 11.6. The zero-order valence-corrected chi connectivity index (χ0v) is 16.0. The van der Waals surface area contributed by atoms with E-state index >= 15 is 0 Å². The number of carbonyl (C=O) groups excluding carboxylic acids is 1. The maximum Gasteiger partial charge on any atom is 0.303 e. The van der Waals surface area contributed by atoms with Crippen LogP contribution in [-0.4, -0.2) is 23.8 Å². The van der Waals surface area contributed by atoms with Crippen molar-refractivity contribution in [2.75, 3.05) is 6.61 Å². The first-order valence-electron chi connectivity index (χ1n) is 9.24. The van der Waals surface area contributed by atoms with Crippen molar-refractivity contribution in [3.05, 3.63) is 23.8 Å². The molecule has 2 aliphatic carbocycles. The minimum Gasteiger partial charge on any atom is -0.458 e. The summed E-state index contributed by atoms with van der Waals surface area (Å²) in [5.41, 5.74) is 2.68. The second kappa shape index (κ2) is 7.03. The van der Waals surface area contributed by atoms with Crippen LogP contribution in [0.5, 0.6) is 0 Å². The summed E-state index contributed by atoms with van der Waals surface area (Å²) < 4.78 is 5.66. The topological polar surface area (TPSA) is 46.5 Å². The standard InChI is InChI=1S/C21H34O3/c1-14(8-11-22)12-17-15(2)18(24-16(3)23)13-19-20(4,5)9-7-10-21(17,19)6/h8,17-19,22H,2,7,9-13H2,1,3-6H3/b14-8+/t17-,18+,19-,21+/m1/s1. The largest absolute Gasteiger partial charge is 0.458 e. The van der Waals surface area contributed by atoms with Crippen LogP contribution in [-0.2, 0) is 9.53 Å². The lowest BCUT2D eigenvalue weighted by atomic mass is 9.46. The van der Waals surface area contributed by atoms with Gasteiger partial charge in [-0.05, 0) is 60.8 Å². The van der Waals surface area contributed by atoms with Crippen LogP contribution >= 0.6 is 0 Å². The Balaban J connectivity index is 2.40. The van der Waals surface area contributed by atoms with Gasteiger partial charge in [-0.2, -0.15) is 0 Å². The Hall–Kier alpha value is -1.09. The second-order valence-corrected chi connectivity index (χ2v) is 8.80. The molecule has 4 atom stereocenters. The average molecular weight is 335 g/mol. The third-order valence-electron chi connectivity index (χ3n) is 6.66. The molecule has 0 aromatic carbocycles. The molecular weight excluding hydrogens is 300 g/mol. The van der Waals surface area contributed by atoms with Crippen LogP contribution in [0, 0.1) is 22.7 Å². The normalized spacial score (nSPS) is 36.2. The highest BCUT2D eigenvalue weighted by Gasteiger charge is 2.55. The van der Waals surface area contributed by atoms with Gasteiger partial charge < -0.3 is 9.84 Å². The molecule has 1 N–H and O–H groups in total.